The first kappa shape index (κ1) is 18.3. The molecule has 3 fully saturated rings. The number of nitrogens with zero attached hydrogens (tertiary/aromatic N) is 1. The third kappa shape index (κ3) is 2.12. The van der Waals surface area contributed by atoms with E-state index in [1.807, 2.05) is 6.08 Å². The maximum absolute atomic E-state index is 12.6. The van der Waals surface area contributed by atoms with Crippen molar-refractivity contribution in [2.24, 2.45) is 28.1 Å². The third-order valence-corrected chi connectivity index (χ3v) is 9.29. The fourth-order valence-corrected chi connectivity index (χ4v) is 8.13. The molecular weight excluding hydrogens is 346 g/mol. The lowest BCUT2D eigenvalue weighted by atomic mass is 9.39. The Kier molecular flexibility index (Phi) is 4.17. The standard InChI is InChI=1S/C21H27NO3S/c1-19-10-18(25)21(11-26-12-22)16(15(19)5-6-17(19)24)4-3-13-9-14(23)7-8-20(13,21)2/h9,15-16,18,25H,3-8,10-11H2,1-2H3. The number of aliphatic hydroxyl groups is 1. The van der Waals surface area contributed by atoms with Gasteiger partial charge in [-0.25, -0.2) is 0 Å². The normalized spacial score (nSPS) is 47.5. The first-order chi connectivity index (χ1) is 12.3. The summed E-state index contributed by atoms with van der Waals surface area (Å²) in [5.41, 5.74) is 0.0514. The second kappa shape index (κ2) is 5.94. The highest BCUT2D eigenvalue weighted by Crippen LogP contribution is 2.71. The summed E-state index contributed by atoms with van der Waals surface area (Å²) in [4.78, 5) is 24.7. The van der Waals surface area contributed by atoms with Gasteiger partial charge >= 0.3 is 0 Å². The minimum atomic E-state index is -0.612. The molecule has 0 saturated heterocycles. The van der Waals surface area contributed by atoms with E-state index in [2.05, 4.69) is 19.2 Å². The van der Waals surface area contributed by atoms with Gasteiger partial charge in [0.1, 0.15) is 11.2 Å². The van der Waals surface area contributed by atoms with Gasteiger partial charge in [-0.3, -0.25) is 9.59 Å². The van der Waals surface area contributed by atoms with Crippen LogP contribution in [0.3, 0.4) is 0 Å². The third-order valence-electron chi connectivity index (χ3n) is 8.54. The van der Waals surface area contributed by atoms with E-state index in [9.17, 15) is 20.0 Å². The van der Waals surface area contributed by atoms with E-state index in [1.54, 1.807) is 0 Å². The lowest BCUT2D eigenvalue weighted by Crippen LogP contribution is -2.65. The molecule has 6 atom stereocenters. The van der Waals surface area contributed by atoms with Crippen molar-refractivity contribution in [1.82, 2.24) is 0 Å². The second-order valence-corrected chi connectivity index (χ2v) is 10.00. The zero-order chi connectivity index (χ0) is 18.7. The Hall–Kier alpha value is -1.12. The lowest BCUT2D eigenvalue weighted by Gasteiger charge is -2.66. The van der Waals surface area contributed by atoms with Gasteiger partial charge < -0.3 is 5.11 Å². The van der Waals surface area contributed by atoms with Gasteiger partial charge in [-0.2, -0.15) is 5.26 Å². The zero-order valence-electron chi connectivity index (χ0n) is 15.6. The molecule has 140 valence electrons. The average Bonchev–Trinajstić information content (AvgIpc) is 2.88. The number of Topliss-reactive ketones (excluding diaryl/α,β-unsaturated/α-hetero) is 1. The van der Waals surface area contributed by atoms with E-state index in [-0.39, 0.29) is 23.0 Å². The predicted molar refractivity (Wildman–Crippen MR) is 100 cm³/mol. The van der Waals surface area contributed by atoms with Crippen LogP contribution in [0.25, 0.3) is 0 Å². The minimum Gasteiger partial charge on any atom is -0.392 e. The number of ketones is 2. The molecule has 5 heteroatoms. The van der Waals surface area contributed by atoms with Crippen LogP contribution in [0.4, 0.5) is 0 Å². The largest absolute Gasteiger partial charge is 0.392 e. The van der Waals surface area contributed by atoms with Crippen LogP contribution in [0.15, 0.2) is 11.6 Å². The summed E-state index contributed by atoms with van der Waals surface area (Å²) >= 11 is 1.23. The number of rotatable bonds is 2. The molecule has 26 heavy (non-hydrogen) atoms. The molecule has 4 nitrogen and oxygen atoms in total. The molecule has 0 aromatic carbocycles. The van der Waals surface area contributed by atoms with Crippen LogP contribution in [-0.4, -0.2) is 28.5 Å². The summed E-state index contributed by atoms with van der Waals surface area (Å²) in [5.74, 6) is 1.59. The molecule has 4 rings (SSSR count). The summed E-state index contributed by atoms with van der Waals surface area (Å²) in [6.45, 7) is 4.26. The Bertz CT molecular complexity index is 740. The first-order valence-electron chi connectivity index (χ1n) is 9.76. The lowest BCUT2D eigenvalue weighted by molar-refractivity contribution is -0.183. The number of aliphatic hydroxyl groups excluding tert-OH is 1. The van der Waals surface area contributed by atoms with E-state index in [0.717, 1.165) is 31.3 Å². The van der Waals surface area contributed by atoms with Gasteiger partial charge in [0.2, 0.25) is 0 Å². The summed E-state index contributed by atoms with van der Waals surface area (Å²) in [7, 11) is 0. The van der Waals surface area contributed by atoms with E-state index in [4.69, 9.17) is 0 Å². The monoisotopic (exact) mass is 373 g/mol. The minimum absolute atomic E-state index is 0.185. The van der Waals surface area contributed by atoms with Crippen LogP contribution in [0.2, 0.25) is 0 Å². The fourth-order valence-electron chi connectivity index (χ4n) is 7.10. The van der Waals surface area contributed by atoms with Gasteiger partial charge in [0.15, 0.2) is 5.78 Å². The van der Waals surface area contributed by atoms with Gasteiger partial charge in [0.05, 0.1) is 6.10 Å². The van der Waals surface area contributed by atoms with E-state index < -0.39 is 16.9 Å². The molecule has 4 aliphatic rings. The van der Waals surface area contributed by atoms with Crippen LogP contribution < -0.4 is 0 Å². The van der Waals surface area contributed by atoms with Gasteiger partial charge in [-0.1, -0.05) is 19.4 Å². The van der Waals surface area contributed by atoms with Crippen molar-refractivity contribution in [2.75, 3.05) is 5.75 Å². The van der Waals surface area contributed by atoms with Crippen molar-refractivity contribution >= 4 is 23.3 Å². The van der Waals surface area contributed by atoms with Crippen molar-refractivity contribution in [1.29, 1.82) is 5.26 Å². The molecule has 0 bridgehead atoms. The Morgan fingerprint density at radius 2 is 1.96 bits per heavy atom. The molecular formula is C21H27NO3S. The number of thioether (sulfide) groups is 1. The van der Waals surface area contributed by atoms with E-state index >= 15 is 0 Å². The number of allylic oxidation sites excluding steroid dienone is 1. The Balaban J connectivity index is 1.87. The summed E-state index contributed by atoms with van der Waals surface area (Å²) in [6, 6.07) is 0. The van der Waals surface area contributed by atoms with Crippen LogP contribution in [-0.2, 0) is 9.59 Å². The van der Waals surface area contributed by atoms with Crippen molar-refractivity contribution in [3.05, 3.63) is 11.6 Å². The summed E-state index contributed by atoms with van der Waals surface area (Å²) < 4.78 is 0. The summed E-state index contributed by atoms with van der Waals surface area (Å²) in [5, 5.41) is 23.0. The van der Waals surface area contributed by atoms with Crippen molar-refractivity contribution < 1.29 is 14.7 Å². The second-order valence-electron chi connectivity index (χ2n) is 9.24. The molecule has 6 unspecified atom stereocenters. The van der Waals surface area contributed by atoms with Gasteiger partial charge in [0.25, 0.3) is 0 Å². The number of hydrogen-bond donors (Lipinski definition) is 1. The Morgan fingerprint density at radius 3 is 2.69 bits per heavy atom. The smallest absolute Gasteiger partial charge is 0.155 e. The van der Waals surface area contributed by atoms with E-state index in [0.29, 0.717) is 30.8 Å². The molecule has 4 aliphatic carbocycles. The topological polar surface area (TPSA) is 78.2 Å². The molecule has 0 aliphatic heterocycles. The quantitative estimate of drug-likeness (QED) is 0.748. The average molecular weight is 374 g/mol. The van der Waals surface area contributed by atoms with E-state index in [1.165, 1.54) is 11.8 Å². The highest BCUT2D eigenvalue weighted by atomic mass is 32.2. The maximum atomic E-state index is 12.6. The Labute approximate surface area is 159 Å². The van der Waals surface area contributed by atoms with Crippen LogP contribution in [0.5, 0.6) is 0 Å². The van der Waals surface area contributed by atoms with Crippen LogP contribution in [0.1, 0.15) is 58.8 Å². The fraction of sp³-hybridized carbons (Fsp3) is 0.762. The first-order valence-corrected chi connectivity index (χ1v) is 10.7. The summed E-state index contributed by atoms with van der Waals surface area (Å²) in [6.07, 6.45) is 6.26. The Morgan fingerprint density at radius 1 is 1.23 bits per heavy atom. The number of thiocyanates is 1. The zero-order valence-corrected chi connectivity index (χ0v) is 16.4. The maximum Gasteiger partial charge on any atom is 0.155 e. The number of carbonyl (C=O) groups excluding carboxylic acids is 2. The number of hydrogen-bond acceptors (Lipinski definition) is 5. The SMILES string of the molecule is CC12CC(O)C3(CSC#N)C(CCC4=CC(=O)CCC43C)C1CCC2=O. The number of carbonyl (C=O) groups is 2. The molecule has 0 spiro atoms. The van der Waals surface area contributed by atoms with Gasteiger partial charge in [0, 0.05) is 29.4 Å². The van der Waals surface area contributed by atoms with Gasteiger partial charge in [-0.15, -0.1) is 0 Å². The van der Waals surface area contributed by atoms with Crippen molar-refractivity contribution in [2.45, 2.75) is 64.9 Å². The molecule has 0 aromatic rings. The van der Waals surface area contributed by atoms with Crippen LogP contribution in [0, 0.1) is 38.7 Å². The molecule has 0 radical (unpaired) electrons. The molecule has 0 heterocycles. The van der Waals surface area contributed by atoms with Crippen molar-refractivity contribution in [3.63, 3.8) is 0 Å². The van der Waals surface area contributed by atoms with Crippen molar-refractivity contribution in [3.8, 4) is 5.40 Å². The van der Waals surface area contributed by atoms with Crippen LogP contribution >= 0.6 is 11.8 Å². The van der Waals surface area contributed by atoms with Gasteiger partial charge in [-0.05, 0) is 67.2 Å². The molecule has 0 amide bonds. The molecule has 3 saturated carbocycles. The molecule has 1 N–H and O–H groups in total. The number of fused-ring (bicyclic) bond motifs is 5. The molecule has 0 aromatic heterocycles. The highest BCUT2D eigenvalue weighted by molar-refractivity contribution is 8.03. The highest BCUT2D eigenvalue weighted by Gasteiger charge is 2.69. The number of nitriles is 1. The predicted octanol–water partition coefficient (Wildman–Crippen LogP) is 3.64.